The van der Waals surface area contributed by atoms with Crippen molar-refractivity contribution < 1.29 is 9.90 Å². The summed E-state index contributed by atoms with van der Waals surface area (Å²) in [6.45, 7) is 0. The van der Waals surface area contributed by atoms with Crippen LogP contribution in [0.1, 0.15) is 10.4 Å². The number of nitrogens with two attached hydrogens (primary N) is 1. The lowest BCUT2D eigenvalue weighted by Gasteiger charge is -2.02. The number of amides is 1. The number of halogens is 1. The number of carbonyl (C=O) groups excluding carboxylic acids is 1. The molecule has 12 heavy (non-hydrogen) atoms. The molecule has 0 fully saturated rings. The van der Waals surface area contributed by atoms with Crippen LogP contribution in [0.15, 0.2) is 18.2 Å². The van der Waals surface area contributed by atoms with Crippen molar-refractivity contribution >= 4 is 17.5 Å². The second-order valence-corrected chi connectivity index (χ2v) is 2.49. The summed E-state index contributed by atoms with van der Waals surface area (Å²) in [5, 5.41) is 9.09. The van der Waals surface area contributed by atoms with Gasteiger partial charge in [0.1, 0.15) is 5.75 Å². The molecule has 0 spiro atoms. The summed E-state index contributed by atoms with van der Waals surface area (Å²) in [7, 11) is 0. The van der Waals surface area contributed by atoms with Crippen LogP contribution in [0.4, 0.5) is 0 Å². The number of rotatable bonds is 1. The summed E-state index contributed by atoms with van der Waals surface area (Å²) >= 11 is 5.60. The lowest BCUT2D eigenvalue weighted by molar-refractivity contribution is 0.0953. The fourth-order valence-corrected chi connectivity index (χ4v) is 0.985. The van der Waals surface area contributed by atoms with Crippen molar-refractivity contribution in [3.05, 3.63) is 28.8 Å². The molecule has 0 saturated heterocycles. The molecule has 0 aliphatic heterocycles. The average molecular weight is 187 g/mol. The van der Waals surface area contributed by atoms with Crippen LogP contribution in [0.2, 0.25) is 5.02 Å². The third-order valence-corrected chi connectivity index (χ3v) is 1.75. The molecule has 0 aliphatic rings. The van der Waals surface area contributed by atoms with E-state index in [1.54, 1.807) is 0 Å². The van der Waals surface area contributed by atoms with E-state index < -0.39 is 5.91 Å². The molecule has 0 aromatic heterocycles. The molecule has 1 amide bonds. The Labute approximate surface area is 73.9 Å². The Hall–Kier alpha value is -1.26. The average Bonchev–Trinajstić information content (AvgIpc) is 2.08. The molecule has 4 N–H and O–H groups in total. The van der Waals surface area contributed by atoms with Gasteiger partial charge in [-0.05, 0) is 12.1 Å². The summed E-state index contributed by atoms with van der Waals surface area (Å²) in [4.78, 5) is 11.0. The monoisotopic (exact) mass is 186 g/mol. The zero-order chi connectivity index (χ0) is 9.14. The van der Waals surface area contributed by atoms with Gasteiger partial charge in [0, 0.05) is 0 Å². The van der Waals surface area contributed by atoms with Gasteiger partial charge in [0.25, 0.3) is 5.91 Å². The number of nitrogens with one attached hydrogen (secondary N) is 1. The predicted octanol–water partition coefficient (Wildman–Crippen LogP) is 0.649. The van der Waals surface area contributed by atoms with Crippen molar-refractivity contribution in [1.82, 2.24) is 5.43 Å². The first-order valence-corrected chi connectivity index (χ1v) is 3.53. The van der Waals surface area contributed by atoms with Gasteiger partial charge in [-0.15, -0.1) is 0 Å². The van der Waals surface area contributed by atoms with Gasteiger partial charge in [0.05, 0.1) is 10.6 Å². The van der Waals surface area contributed by atoms with Crippen LogP contribution >= 0.6 is 11.6 Å². The quantitative estimate of drug-likeness (QED) is 0.343. The van der Waals surface area contributed by atoms with Crippen LogP contribution < -0.4 is 11.3 Å². The second-order valence-electron chi connectivity index (χ2n) is 2.11. The maximum Gasteiger partial charge on any atom is 0.266 e. The van der Waals surface area contributed by atoms with E-state index in [0.29, 0.717) is 0 Å². The van der Waals surface area contributed by atoms with E-state index in [1.165, 1.54) is 18.2 Å². The van der Waals surface area contributed by atoms with Crippen molar-refractivity contribution in [2.45, 2.75) is 0 Å². The minimum atomic E-state index is -0.532. The number of hydrogen-bond donors (Lipinski definition) is 3. The molecule has 0 aliphatic carbocycles. The lowest BCUT2D eigenvalue weighted by atomic mass is 10.2. The summed E-state index contributed by atoms with van der Waals surface area (Å²) < 4.78 is 0. The molecule has 0 radical (unpaired) electrons. The zero-order valence-corrected chi connectivity index (χ0v) is 6.80. The van der Waals surface area contributed by atoms with Crippen LogP contribution in [0, 0.1) is 0 Å². The number of aromatic hydroxyl groups is 1. The number of nitrogen functional groups attached to an aromatic ring is 1. The van der Waals surface area contributed by atoms with Crippen molar-refractivity contribution in [2.24, 2.45) is 5.84 Å². The summed E-state index contributed by atoms with van der Waals surface area (Å²) in [6.07, 6.45) is 0. The topological polar surface area (TPSA) is 75.3 Å². The van der Waals surface area contributed by atoms with E-state index in [1.807, 2.05) is 5.43 Å². The molecule has 0 unspecified atom stereocenters. The first-order valence-electron chi connectivity index (χ1n) is 3.15. The van der Waals surface area contributed by atoms with E-state index in [9.17, 15) is 4.79 Å². The standard InChI is InChI=1S/C7H7ClN2O2/c8-6-4(7(12)10-9)2-1-3-5(6)11/h1-3,11H,9H2,(H,10,12). The number of carbonyl (C=O) groups is 1. The molecule has 0 atom stereocenters. The number of phenols is 1. The Kier molecular flexibility index (Phi) is 2.52. The Bertz CT molecular complexity index is 314. The minimum Gasteiger partial charge on any atom is -0.506 e. The molecular formula is C7H7ClN2O2. The number of phenolic OH excluding ortho intramolecular Hbond substituents is 1. The fourth-order valence-electron chi connectivity index (χ4n) is 0.773. The van der Waals surface area contributed by atoms with Gasteiger partial charge in [-0.1, -0.05) is 17.7 Å². The highest BCUT2D eigenvalue weighted by atomic mass is 35.5. The third kappa shape index (κ3) is 1.49. The fraction of sp³-hybridized carbons (Fsp3) is 0. The molecule has 5 heteroatoms. The second kappa shape index (κ2) is 3.42. The van der Waals surface area contributed by atoms with Gasteiger partial charge in [-0.2, -0.15) is 0 Å². The normalized spacial score (nSPS) is 9.50. The van der Waals surface area contributed by atoms with Crippen molar-refractivity contribution in [3.8, 4) is 5.75 Å². The van der Waals surface area contributed by atoms with Gasteiger partial charge in [0.2, 0.25) is 0 Å². The van der Waals surface area contributed by atoms with Crippen LogP contribution in [-0.4, -0.2) is 11.0 Å². The van der Waals surface area contributed by atoms with Gasteiger partial charge >= 0.3 is 0 Å². The summed E-state index contributed by atoms with van der Waals surface area (Å²) in [6, 6.07) is 4.35. The van der Waals surface area contributed by atoms with Gasteiger partial charge in [0.15, 0.2) is 0 Å². The number of benzene rings is 1. The predicted molar refractivity (Wildman–Crippen MR) is 44.8 cm³/mol. The maximum absolute atomic E-state index is 11.0. The molecule has 4 nitrogen and oxygen atoms in total. The van der Waals surface area contributed by atoms with Crippen molar-refractivity contribution in [1.29, 1.82) is 0 Å². The van der Waals surface area contributed by atoms with Gasteiger partial charge < -0.3 is 5.11 Å². The van der Waals surface area contributed by atoms with E-state index >= 15 is 0 Å². The smallest absolute Gasteiger partial charge is 0.266 e. The van der Waals surface area contributed by atoms with Crippen LogP contribution in [0.3, 0.4) is 0 Å². The molecule has 1 rings (SSSR count). The first-order chi connectivity index (χ1) is 5.66. The lowest BCUT2D eigenvalue weighted by Crippen LogP contribution is -2.30. The molecular weight excluding hydrogens is 180 g/mol. The number of hydrogen-bond acceptors (Lipinski definition) is 3. The highest BCUT2D eigenvalue weighted by Gasteiger charge is 2.10. The third-order valence-electron chi connectivity index (χ3n) is 1.35. The van der Waals surface area contributed by atoms with E-state index in [4.69, 9.17) is 22.6 Å². The molecule has 0 heterocycles. The highest BCUT2D eigenvalue weighted by molar-refractivity contribution is 6.35. The minimum absolute atomic E-state index is 0.000417. The zero-order valence-electron chi connectivity index (χ0n) is 6.04. The Morgan fingerprint density at radius 2 is 2.25 bits per heavy atom. The highest BCUT2D eigenvalue weighted by Crippen LogP contribution is 2.26. The molecule has 1 aromatic rings. The van der Waals surface area contributed by atoms with Gasteiger partial charge in [-0.25, -0.2) is 5.84 Å². The van der Waals surface area contributed by atoms with Crippen LogP contribution in [0.25, 0.3) is 0 Å². The molecule has 0 bridgehead atoms. The van der Waals surface area contributed by atoms with E-state index in [0.717, 1.165) is 0 Å². The Balaban J connectivity index is 3.16. The first kappa shape index (κ1) is 8.83. The molecule has 64 valence electrons. The van der Waals surface area contributed by atoms with Crippen LogP contribution in [-0.2, 0) is 0 Å². The number of hydrazine groups is 1. The summed E-state index contributed by atoms with van der Waals surface area (Å²) in [5.74, 6) is 4.21. The SMILES string of the molecule is NNC(=O)c1cccc(O)c1Cl. The Morgan fingerprint density at radius 3 is 2.83 bits per heavy atom. The van der Waals surface area contributed by atoms with E-state index in [-0.39, 0.29) is 16.3 Å². The molecule has 0 saturated carbocycles. The molecule has 1 aromatic carbocycles. The van der Waals surface area contributed by atoms with Crippen LogP contribution in [0.5, 0.6) is 5.75 Å². The largest absolute Gasteiger partial charge is 0.506 e. The maximum atomic E-state index is 11.0. The Morgan fingerprint density at radius 1 is 1.58 bits per heavy atom. The van der Waals surface area contributed by atoms with E-state index in [2.05, 4.69) is 0 Å². The van der Waals surface area contributed by atoms with Crippen molar-refractivity contribution in [2.75, 3.05) is 0 Å². The van der Waals surface area contributed by atoms with Gasteiger partial charge in [-0.3, -0.25) is 10.2 Å². The van der Waals surface area contributed by atoms with Crippen molar-refractivity contribution in [3.63, 3.8) is 0 Å². The summed E-state index contributed by atoms with van der Waals surface area (Å²) in [5.41, 5.74) is 2.07.